The summed E-state index contributed by atoms with van der Waals surface area (Å²) in [6.07, 6.45) is 5.12. The van der Waals surface area contributed by atoms with E-state index in [9.17, 15) is 4.79 Å². The smallest absolute Gasteiger partial charge is 0.220 e. The van der Waals surface area contributed by atoms with Crippen LogP contribution in [0.4, 0.5) is 0 Å². The fraction of sp³-hybridized carbons (Fsp3) is 0.667. The van der Waals surface area contributed by atoms with Crippen LogP contribution in [0.2, 0.25) is 0 Å². The Hall–Kier alpha value is -1.29. The van der Waals surface area contributed by atoms with Crippen molar-refractivity contribution in [3.05, 3.63) is 24.0 Å². The van der Waals surface area contributed by atoms with Crippen molar-refractivity contribution in [2.24, 2.45) is 18.9 Å². The number of carbonyl (C=O) groups is 1. The van der Waals surface area contributed by atoms with Gasteiger partial charge in [-0.1, -0.05) is 6.92 Å². The Bertz CT molecular complexity index is 407. The lowest BCUT2D eigenvalue weighted by Gasteiger charge is -2.28. The van der Waals surface area contributed by atoms with Gasteiger partial charge in [-0.3, -0.25) is 4.79 Å². The van der Waals surface area contributed by atoms with Crippen LogP contribution in [0.15, 0.2) is 18.3 Å². The summed E-state index contributed by atoms with van der Waals surface area (Å²) >= 11 is 0. The molecule has 1 aromatic rings. The normalized spacial score (nSPS) is 21.1. The van der Waals surface area contributed by atoms with Gasteiger partial charge in [0.25, 0.3) is 0 Å². The number of amides is 1. The van der Waals surface area contributed by atoms with Crippen molar-refractivity contribution >= 4 is 5.91 Å². The molecular formula is C15H25N3O. The number of nitrogens with one attached hydrogen (secondary N) is 2. The number of hydrogen-bond donors (Lipinski definition) is 2. The van der Waals surface area contributed by atoms with Gasteiger partial charge in [0.2, 0.25) is 5.91 Å². The molecule has 1 aromatic heterocycles. The molecule has 0 aliphatic carbocycles. The average molecular weight is 263 g/mol. The van der Waals surface area contributed by atoms with Gasteiger partial charge in [-0.25, -0.2) is 0 Å². The van der Waals surface area contributed by atoms with Gasteiger partial charge in [0.1, 0.15) is 0 Å². The van der Waals surface area contributed by atoms with Crippen LogP contribution < -0.4 is 10.6 Å². The van der Waals surface area contributed by atoms with Crippen LogP contribution in [-0.4, -0.2) is 23.6 Å². The van der Waals surface area contributed by atoms with Gasteiger partial charge in [0, 0.05) is 25.4 Å². The second-order valence-electron chi connectivity index (χ2n) is 5.68. The number of hydrogen-bond acceptors (Lipinski definition) is 2. The fourth-order valence-corrected chi connectivity index (χ4v) is 2.77. The zero-order valence-electron chi connectivity index (χ0n) is 12.0. The number of aryl methyl sites for hydroxylation is 1. The summed E-state index contributed by atoms with van der Waals surface area (Å²) in [5.74, 6) is 1.27. The predicted molar refractivity (Wildman–Crippen MR) is 76.6 cm³/mol. The molecule has 2 unspecified atom stereocenters. The third-order valence-corrected chi connectivity index (χ3v) is 4.17. The van der Waals surface area contributed by atoms with Gasteiger partial charge in [-0.05, 0) is 49.9 Å². The van der Waals surface area contributed by atoms with Crippen molar-refractivity contribution in [1.29, 1.82) is 0 Å². The van der Waals surface area contributed by atoms with E-state index < -0.39 is 0 Å². The van der Waals surface area contributed by atoms with Crippen molar-refractivity contribution in [3.63, 3.8) is 0 Å². The molecule has 2 rings (SSSR count). The largest absolute Gasteiger partial charge is 0.353 e. The first kappa shape index (κ1) is 14.1. The molecule has 1 saturated heterocycles. The molecule has 1 fully saturated rings. The van der Waals surface area contributed by atoms with Crippen LogP contribution in [-0.2, 0) is 18.4 Å². The molecular weight excluding hydrogens is 238 g/mol. The summed E-state index contributed by atoms with van der Waals surface area (Å²) in [4.78, 5) is 12.0. The van der Waals surface area contributed by atoms with Crippen LogP contribution >= 0.6 is 0 Å². The summed E-state index contributed by atoms with van der Waals surface area (Å²) < 4.78 is 2.04. The molecule has 4 heteroatoms. The highest BCUT2D eigenvalue weighted by atomic mass is 16.1. The Morgan fingerprint density at radius 1 is 1.63 bits per heavy atom. The minimum Gasteiger partial charge on any atom is -0.353 e. The first-order valence-corrected chi connectivity index (χ1v) is 7.24. The van der Waals surface area contributed by atoms with E-state index >= 15 is 0 Å². The van der Waals surface area contributed by atoms with Gasteiger partial charge < -0.3 is 15.2 Å². The zero-order chi connectivity index (χ0) is 13.7. The maximum atomic E-state index is 12.0. The van der Waals surface area contributed by atoms with Crippen molar-refractivity contribution in [1.82, 2.24) is 15.2 Å². The van der Waals surface area contributed by atoms with Crippen LogP contribution in [0, 0.1) is 11.8 Å². The Kier molecular flexibility index (Phi) is 5.02. The highest BCUT2D eigenvalue weighted by Gasteiger charge is 2.21. The predicted octanol–water partition coefficient (Wildman–Crippen LogP) is 1.67. The van der Waals surface area contributed by atoms with Crippen LogP contribution in [0.25, 0.3) is 0 Å². The lowest BCUT2D eigenvalue weighted by Crippen LogP contribution is -2.35. The molecule has 0 saturated carbocycles. The number of aromatic nitrogens is 1. The quantitative estimate of drug-likeness (QED) is 0.849. The van der Waals surface area contributed by atoms with Gasteiger partial charge in [0.15, 0.2) is 0 Å². The Labute approximate surface area is 115 Å². The molecule has 2 atom stereocenters. The van der Waals surface area contributed by atoms with E-state index in [1.54, 1.807) is 0 Å². The Morgan fingerprint density at radius 3 is 3.11 bits per heavy atom. The molecule has 1 aliphatic heterocycles. The van der Waals surface area contributed by atoms with Crippen LogP contribution in [0.1, 0.15) is 31.9 Å². The van der Waals surface area contributed by atoms with E-state index in [0.29, 0.717) is 24.8 Å². The first-order chi connectivity index (χ1) is 9.16. The summed E-state index contributed by atoms with van der Waals surface area (Å²) in [6, 6.07) is 4.03. The summed E-state index contributed by atoms with van der Waals surface area (Å²) in [5, 5.41) is 6.43. The van der Waals surface area contributed by atoms with E-state index in [4.69, 9.17) is 0 Å². The summed E-state index contributed by atoms with van der Waals surface area (Å²) in [7, 11) is 2.00. The summed E-state index contributed by atoms with van der Waals surface area (Å²) in [5.41, 5.74) is 1.14. The molecule has 2 heterocycles. The van der Waals surface area contributed by atoms with Crippen molar-refractivity contribution < 1.29 is 4.79 Å². The minimum atomic E-state index is 0.166. The highest BCUT2D eigenvalue weighted by molar-refractivity contribution is 5.76. The number of piperidine rings is 1. The maximum absolute atomic E-state index is 12.0. The second-order valence-corrected chi connectivity index (χ2v) is 5.68. The highest BCUT2D eigenvalue weighted by Crippen LogP contribution is 2.22. The lowest BCUT2D eigenvalue weighted by molar-refractivity contribution is -0.122. The van der Waals surface area contributed by atoms with Crippen molar-refractivity contribution in [2.45, 2.75) is 32.7 Å². The standard InChI is InChI=1S/C15H25N3O/c1-12(13-5-3-7-16-10-13)9-15(19)17-11-14-6-4-8-18(14)2/h4,6,8,12-13,16H,3,5,7,9-11H2,1-2H3,(H,17,19). The fourth-order valence-electron chi connectivity index (χ4n) is 2.77. The van der Waals surface area contributed by atoms with Crippen molar-refractivity contribution in [2.75, 3.05) is 13.1 Å². The third kappa shape index (κ3) is 4.10. The van der Waals surface area contributed by atoms with Gasteiger partial charge in [-0.15, -0.1) is 0 Å². The Morgan fingerprint density at radius 2 is 2.47 bits per heavy atom. The third-order valence-electron chi connectivity index (χ3n) is 4.17. The van der Waals surface area contributed by atoms with E-state index in [0.717, 1.165) is 18.8 Å². The average Bonchev–Trinajstić information content (AvgIpc) is 2.83. The van der Waals surface area contributed by atoms with Crippen molar-refractivity contribution in [3.8, 4) is 0 Å². The second kappa shape index (κ2) is 6.75. The number of rotatable bonds is 5. The summed E-state index contributed by atoms with van der Waals surface area (Å²) in [6.45, 7) is 5.01. The Balaban J connectivity index is 1.73. The molecule has 1 aliphatic rings. The molecule has 0 radical (unpaired) electrons. The monoisotopic (exact) mass is 263 g/mol. The zero-order valence-corrected chi connectivity index (χ0v) is 12.0. The molecule has 0 bridgehead atoms. The van der Waals surface area contributed by atoms with Crippen LogP contribution in [0.3, 0.4) is 0 Å². The molecule has 0 aromatic carbocycles. The molecule has 106 valence electrons. The van der Waals surface area contributed by atoms with Gasteiger partial charge in [0.05, 0.1) is 6.54 Å². The first-order valence-electron chi connectivity index (χ1n) is 7.24. The SMILES string of the molecule is CC(CC(=O)NCc1cccn1C)C1CCCNC1. The molecule has 2 N–H and O–H groups in total. The number of carbonyl (C=O) groups excluding carboxylic acids is 1. The van der Waals surface area contributed by atoms with E-state index in [-0.39, 0.29) is 5.91 Å². The topological polar surface area (TPSA) is 46.1 Å². The van der Waals surface area contributed by atoms with Gasteiger partial charge in [-0.2, -0.15) is 0 Å². The molecule has 19 heavy (non-hydrogen) atoms. The molecule has 0 spiro atoms. The number of nitrogens with zero attached hydrogens (tertiary/aromatic N) is 1. The van der Waals surface area contributed by atoms with E-state index in [2.05, 4.69) is 17.6 Å². The lowest BCUT2D eigenvalue weighted by atomic mass is 9.85. The molecule has 4 nitrogen and oxygen atoms in total. The van der Waals surface area contributed by atoms with E-state index in [1.807, 2.05) is 29.9 Å². The molecule has 1 amide bonds. The minimum absolute atomic E-state index is 0.166. The van der Waals surface area contributed by atoms with Gasteiger partial charge >= 0.3 is 0 Å². The maximum Gasteiger partial charge on any atom is 0.220 e. The van der Waals surface area contributed by atoms with Crippen LogP contribution in [0.5, 0.6) is 0 Å². The van der Waals surface area contributed by atoms with E-state index in [1.165, 1.54) is 12.8 Å².